The van der Waals surface area contributed by atoms with E-state index in [9.17, 15) is 9.59 Å². The first kappa shape index (κ1) is 32.1. The third kappa shape index (κ3) is 4.18. The molecule has 2 fully saturated rings. The van der Waals surface area contributed by atoms with E-state index < -0.39 is 18.4 Å². The van der Waals surface area contributed by atoms with Gasteiger partial charge in [-0.1, -0.05) is 55.4 Å². The van der Waals surface area contributed by atoms with Gasteiger partial charge in [0.2, 0.25) is 0 Å². The highest BCUT2D eigenvalue weighted by atomic mass is 16.6. The van der Waals surface area contributed by atoms with E-state index in [1.807, 2.05) is 0 Å². The fourth-order valence-corrected chi connectivity index (χ4v) is 7.27. The zero-order valence-electron chi connectivity index (χ0n) is 27.4. The third-order valence-corrected chi connectivity index (χ3v) is 13.1. The summed E-state index contributed by atoms with van der Waals surface area (Å²) in [6.45, 7) is 34.9. The van der Waals surface area contributed by atoms with Crippen molar-refractivity contribution in [1.29, 1.82) is 0 Å². The zero-order chi connectivity index (χ0) is 29.6. The second kappa shape index (κ2) is 8.68. The van der Waals surface area contributed by atoms with Crippen LogP contribution in [0, 0.1) is 21.7 Å². The molecule has 37 heavy (non-hydrogen) atoms. The first-order valence-corrected chi connectivity index (χ1v) is 13.9. The molecule has 2 aliphatic heterocycles. The Kier molecular flexibility index (Phi) is 7.52. The smallest absolute Gasteiger partial charge is 0.317 e. The van der Waals surface area contributed by atoms with Gasteiger partial charge in [0.05, 0.1) is 0 Å². The van der Waals surface area contributed by atoms with Gasteiger partial charge in [0.15, 0.2) is 0 Å². The molecule has 0 aliphatic carbocycles. The van der Waals surface area contributed by atoms with E-state index in [1.54, 1.807) is 0 Å². The van der Waals surface area contributed by atoms with Crippen LogP contribution in [-0.2, 0) is 19.1 Å². The summed E-state index contributed by atoms with van der Waals surface area (Å²) in [5.74, 6) is -1.04. The molecule has 216 valence electrons. The third-order valence-electron chi connectivity index (χ3n) is 13.1. The van der Waals surface area contributed by atoms with Gasteiger partial charge in [-0.3, -0.25) is 19.4 Å². The Hall–Kier alpha value is -1.14. The molecular weight excluding hydrogens is 464 g/mol. The minimum absolute atomic E-state index is 0.239. The molecule has 2 heterocycles. The lowest BCUT2D eigenvalue weighted by atomic mass is 9.52. The highest BCUT2D eigenvalue weighted by Crippen LogP contribution is 2.59. The Morgan fingerprint density at radius 1 is 0.486 bits per heavy atom. The molecule has 2 aliphatic rings. The number of ether oxygens (including phenoxy) is 2. The van der Waals surface area contributed by atoms with Crippen LogP contribution in [0.3, 0.4) is 0 Å². The molecule has 0 N–H and O–H groups in total. The van der Waals surface area contributed by atoms with Crippen LogP contribution in [0.1, 0.15) is 117 Å². The van der Waals surface area contributed by atoms with Gasteiger partial charge < -0.3 is 9.47 Å². The molecule has 0 amide bonds. The molecule has 0 aromatic carbocycles. The number of likely N-dealkylation sites (tertiary alicyclic amines) is 2. The van der Waals surface area contributed by atoms with Crippen LogP contribution >= 0.6 is 0 Å². The quantitative estimate of drug-likeness (QED) is 0.318. The molecule has 0 spiro atoms. The molecule has 6 heteroatoms. The number of carbonyl (C=O) groups excluding carboxylic acids is 2. The van der Waals surface area contributed by atoms with Gasteiger partial charge in [-0.15, -0.1) is 0 Å². The number of nitrogens with zero attached hydrogens (tertiary/aromatic N) is 2. The number of esters is 2. The highest BCUT2D eigenvalue weighted by molar-refractivity contribution is 5.91. The summed E-state index contributed by atoms with van der Waals surface area (Å²) in [6, 6.07) is 0. The van der Waals surface area contributed by atoms with Crippen molar-refractivity contribution in [3.8, 4) is 0 Å². The van der Waals surface area contributed by atoms with Gasteiger partial charge in [0.1, 0.15) is 18.6 Å². The summed E-state index contributed by atoms with van der Waals surface area (Å²) in [7, 11) is 4.29. The van der Waals surface area contributed by atoms with Gasteiger partial charge in [-0.2, -0.15) is 0 Å². The van der Waals surface area contributed by atoms with Crippen LogP contribution in [-0.4, -0.2) is 70.2 Å². The number of hydrogen-bond donors (Lipinski definition) is 0. The lowest BCUT2D eigenvalue weighted by Crippen LogP contribution is -2.76. The number of piperidine rings is 2. The molecule has 0 unspecified atom stereocenters. The van der Waals surface area contributed by atoms with E-state index in [0.717, 1.165) is 0 Å². The average Bonchev–Trinajstić information content (AvgIpc) is 2.71. The van der Waals surface area contributed by atoms with E-state index >= 15 is 0 Å². The van der Waals surface area contributed by atoms with Gasteiger partial charge in [0.25, 0.3) is 0 Å². The Morgan fingerprint density at radius 2 is 0.676 bits per heavy atom. The van der Waals surface area contributed by atoms with E-state index in [1.165, 1.54) is 0 Å². The molecule has 0 bridgehead atoms. The fraction of sp³-hybridized carbons (Fsp3) is 0.935. The standard InChI is InChI=1S/C31H58N2O4/c1-24(2)22(25(3,4)29(11,12)32(17)28(24,9)10)36-20(34)19-21(35)37-23-26(5,6)30(13,14)33(18)31(15,16)27(23,7)8/h22-23H,19H2,1-18H3. The maximum Gasteiger partial charge on any atom is 0.317 e. The van der Waals surface area contributed by atoms with Crippen LogP contribution in [0.25, 0.3) is 0 Å². The molecule has 0 aromatic rings. The summed E-state index contributed by atoms with van der Waals surface area (Å²) in [4.78, 5) is 31.4. The monoisotopic (exact) mass is 522 g/mol. The van der Waals surface area contributed by atoms with Crippen LogP contribution in [0.2, 0.25) is 0 Å². The fourth-order valence-electron chi connectivity index (χ4n) is 7.27. The van der Waals surface area contributed by atoms with Gasteiger partial charge in [-0.25, -0.2) is 0 Å². The van der Waals surface area contributed by atoms with Crippen LogP contribution in [0.4, 0.5) is 0 Å². The van der Waals surface area contributed by atoms with Crippen molar-refractivity contribution in [2.45, 2.75) is 152 Å². The average molecular weight is 523 g/mol. The highest BCUT2D eigenvalue weighted by Gasteiger charge is 2.66. The molecule has 0 saturated carbocycles. The summed E-state index contributed by atoms with van der Waals surface area (Å²) >= 11 is 0. The number of rotatable bonds is 4. The number of hydrogen-bond acceptors (Lipinski definition) is 6. The molecule has 0 aromatic heterocycles. The normalized spacial score (nSPS) is 29.9. The van der Waals surface area contributed by atoms with Gasteiger partial charge >= 0.3 is 11.9 Å². The molecular formula is C31H58N2O4. The van der Waals surface area contributed by atoms with E-state index in [-0.39, 0.29) is 56.0 Å². The summed E-state index contributed by atoms with van der Waals surface area (Å²) in [5, 5.41) is 0. The SMILES string of the molecule is CN1C(C)(C)C(C)(C)C(OC(=O)CC(=O)OC2C(C)(C)C(C)(C)N(C)C(C)(C)C2(C)C)C(C)(C)C1(C)C. The lowest BCUT2D eigenvalue weighted by Gasteiger charge is -2.68. The Bertz CT molecular complexity index is 793. The minimum atomic E-state index is -0.519. The summed E-state index contributed by atoms with van der Waals surface area (Å²) in [5.41, 5.74) is -2.38. The maximum absolute atomic E-state index is 13.3. The van der Waals surface area contributed by atoms with Crippen LogP contribution in [0.15, 0.2) is 0 Å². The van der Waals surface area contributed by atoms with E-state index in [2.05, 4.69) is 135 Å². The summed E-state index contributed by atoms with van der Waals surface area (Å²) in [6.07, 6.45) is -1.15. The molecule has 0 radical (unpaired) electrons. The topological polar surface area (TPSA) is 59.1 Å². The van der Waals surface area contributed by atoms with E-state index in [0.29, 0.717) is 0 Å². The second-order valence-electron chi connectivity index (χ2n) is 16.2. The number of carbonyl (C=O) groups is 2. The first-order chi connectivity index (χ1) is 16.1. The van der Waals surface area contributed by atoms with Crippen molar-refractivity contribution in [2.75, 3.05) is 14.1 Å². The summed E-state index contributed by atoms with van der Waals surface area (Å²) < 4.78 is 12.5. The van der Waals surface area contributed by atoms with Gasteiger partial charge in [0, 0.05) is 43.8 Å². The Morgan fingerprint density at radius 3 is 0.865 bits per heavy atom. The molecule has 6 nitrogen and oxygen atoms in total. The van der Waals surface area contributed by atoms with Crippen molar-refractivity contribution >= 4 is 11.9 Å². The van der Waals surface area contributed by atoms with Crippen molar-refractivity contribution in [3.63, 3.8) is 0 Å². The first-order valence-electron chi connectivity index (χ1n) is 13.9. The Labute approximate surface area is 228 Å². The zero-order valence-corrected chi connectivity index (χ0v) is 27.4. The predicted octanol–water partition coefficient (Wildman–Crippen LogP) is 6.31. The van der Waals surface area contributed by atoms with Crippen molar-refractivity contribution in [3.05, 3.63) is 0 Å². The lowest BCUT2D eigenvalue weighted by molar-refractivity contribution is -0.245. The molecule has 0 atom stereocenters. The van der Waals surface area contributed by atoms with Crippen LogP contribution < -0.4 is 0 Å². The maximum atomic E-state index is 13.3. The van der Waals surface area contributed by atoms with Crippen molar-refractivity contribution in [2.24, 2.45) is 21.7 Å². The second-order valence-corrected chi connectivity index (χ2v) is 16.2. The predicted molar refractivity (Wildman–Crippen MR) is 151 cm³/mol. The van der Waals surface area contributed by atoms with Crippen molar-refractivity contribution < 1.29 is 19.1 Å². The van der Waals surface area contributed by atoms with E-state index in [4.69, 9.17) is 9.47 Å². The van der Waals surface area contributed by atoms with Crippen molar-refractivity contribution in [1.82, 2.24) is 9.80 Å². The largest absolute Gasteiger partial charge is 0.461 e. The van der Waals surface area contributed by atoms with Gasteiger partial charge in [-0.05, 0) is 69.5 Å². The molecule has 2 saturated heterocycles. The minimum Gasteiger partial charge on any atom is -0.461 e. The molecule has 2 rings (SSSR count). The van der Waals surface area contributed by atoms with Crippen LogP contribution in [0.5, 0.6) is 0 Å². The Balaban J connectivity index is 2.32.